The maximum absolute atomic E-state index is 11.8. The van der Waals surface area contributed by atoms with Crippen molar-refractivity contribution in [1.82, 2.24) is 9.55 Å². The number of nitrogens with two attached hydrogens (primary N) is 1. The molecule has 17 nitrogen and oxygen atoms in total. The van der Waals surface area contributed by atoms with Gasteiger partial charge in [0.1, 0.15) is 24.1 Å². The van der Waals surface area contributed by atoms with E-state index in [1.807, 2.05) is 0 Å². The van der Waals surface area contributed by atoms with Crippen LogP contribution in [0.4, 0.5) is 5.82 Å². The van der Waals surface area contributed by atoms with E-state index in [1.54, 1.807) is 0 Å². The molecule has 1 aliphatic heterocycles. The van der Waals surface area contributed by atoms with Crippen molar-refractivity contribution in [3.8, 4) is 0 Å². The van der Waals surface area contributed by atoms with Crippen molar-refractivity contribution in [2.24, 2.45) is 0 Å². The third kappa shape index (κ3) is 6.73. The first-order valence-electron chi connectivity index (χ1n) is 7.20. The molecule has 1 aromatic rings. The molecule has 2 heterocycles. The highest BCUT2D eigenvalue weighted by molar-refractivity contribution is 7.65. The maximum atomic E-state index is 11.8. The zero-order valence-electron chi connectivity index (χ0n) is 13.8. The number of rotatable bonds is 8. The fourth-order valence-corrected chi connectivity index (χ4v) is 5.06. The van der Waals surface area contributed by atoms with Crippen molar-refractivity contribution in [1.29, 1.82) is 0 Å². The van der Waals surface area contributed by atoms with E-state index in [2.05, 4.69) is 18.1 Å². The minimum atomic E-state index is -6.09. The Bertz CT molecular complexity index is 946. The first-order valence-corrected chi connectivity index (χ1v) is 11.6. The molecule has 1 fully saturated rings. The predicted octanol–water partition coefficient (Wildman–Crippen LogP) is -4.11. The summed E-state index contributed by atoms with van der Waals surface area (Å²) in [6.07, 6.45) is -5.62. The first kappa shape index (κ1) is 24.2. The van der Waals surface area contributed by atoms with Gasteiger partial charge in [-0.3, -0.25) is 18.3 Å². The van der Waals surface area contributed by atoms with Gasteiger partial charge in [-0.05, 0) is 6.07 Å². The van der Waals surface area contributed by atoms with Gasteiger partial charge in [0.25, 0.3) is 23.5 Å². The molecule has 1 saturated heterocycles. The molecule has 0 radical (unpaired) electrons. The first-order chi connectivity index (χ1) is 13.1. The van der Waals surface area contributed by atoms with E-state index in [-0.39, 0.29) is 5.82 Å². The maximum Gasteiger partial charge on any atom is 0.351 e. The van der Waals surface area contributed by atoms with Gasteiger partial charge in [-0.2, -0.15) is 4.98 Å². The molecule has 166 valence electrons. The number of hydrogen-bond donors (Lipinski definition) is 4. The van der Waals surface area contributed by atoms with Crippen LogP contribution in [0, 0.1) is 0 Å². The summed E-state index contributed by atoms with van der Waals surface area (Å²) in [4.78, 5) is 56.4. The standard InChI is InChI=1S/C9H16N3O14P3/c10-5-1-2-12(9(15)11-5)8-7(14)6(13)4(24-8)3-23-28(19,20)26-29(21,22)25-27(16,17)18/h1-2,4,6-8,13-14H,3H2,(H,19,20)(H,21,22)(H2,10,11,15)(H2,16,17,18)/p-3/t4-,6?,7+,8-/m1/s1. The summed E-state index contributed by atoms with van der Waals surface area (Å²) < 4.78 is 49.5. The van der Waals surface area contributed by atoms with Crippen LogP contribution >= 0.6 is 23.5 Å². The SMILES string of the molecule is Nc1ccn([C@@H]2O[C@H](COP(=O)([O-])OP(=O)([O-])OP(=O)([O-])O)C(O)[C@@H]2O)c(=O)n1. The van der Waals surface area contributed by atoms with E-state index in [4.69, 9.17) is 15.4 Å². The van der Waals surface area contributed by atoms with Gasteiger partial charge < -0.3 is 44.8 Å². The number of anilines is 1. The summed E-state index contributed by atoms with van der Waals surface area (Å²) in [6.45, 7) is -1.12. The number of aliphatic hydroxyl groups is 2. The normalized spacial score (nSPS) is 31.0. The van der Waals surface area contributed by atoms with Crippen LogP contribution in [-0.4, -0.2) is 49.6 Å². The predicted molar refractivity (Wildman–Crippen MR) is 82.0 cm³/mol. The van der Waals surface area contributed by atoms with Crippen LogP contribution in [0.1, 0.15) is 6.23 Å². The summed E-state index contributed by atoms with van der Waals surface area (Å²) in [5, 5.41) is 19.9. The molecule has 1 aromatic heterocycles. The minimum Gasteiger partial charge on any atom is -0.756 e. The van der Waals surface area contributed by atoms with Gasteiger partial charge in [0.2, 0.25) is 0 Å². The number of nitrogens with zero attached hydrogens (tertiary/aromatic N) is 2. The lowest BCUT2D eigenvalue weighted by Crippen LogP contribution is -2.36. The summed E-state index contributed by atoms with van der Waals surface area (Å²) in [5.74, 6) is -0.140. The number of phosphoric ester groups is 1. The van der Waals surface area contributed by atoms with Crippen LogP contribution < -0.4 is 26.1 Å². The molecule has 2 rings (SSSR count). The fraction of sp³-hybridized carbons (Fsp3) is 0.556. The van der Waals surface area contributed by atoms with Crippen LogP contribution in [-0.2, 0) is 31.6 Å². The van der Waals surface area contributed by atoms with Gasteiger partial charge in [0.05, 0.1) is 6.61 Å². The van der Waals surface area contributed by atoms with Gasteiger partial charge in [-0.15, -0.1) is 0 Å². The van der Waals surface area contributed by atoms with Crippen molar-refractivity contribution in [2.45, 2.75) is 24.5 Å². The molecular formula is C9H13N3O14P3-3. The van der Waals surface area contributed by atoms with E-state index < -0.39 is 60.3 Å². The molecule has 0 spiro atoms. The Morgan fingerprint density at radius 1 is 1.17 bits per heavy atom. The van der Waals surface area contributed by atoms with Crippen LogP contribution in [0.25, 0.3) is 0 Å². The monoisotopic (exact) mass is 480 g/mol. The molecular weight excluding hydrogens is 467 g/mol. The second-order valence-corrected chi connectivity index (χ2v) is 9.70. The molecule has 4 unspecified atom stereocenters. The average Bonchev–Trinajstić information content (AvgIpc) is 2.78. The van der Waals surface area contributed by atoms with Crippen molar-refractivity contribution in [2.75, 3.05) is 12.3 Å². The zero-order chi connectivity index (χ0) is 22.2. The second-order valence-electron chi connectivity index (χ2n) is 5.41. The van der Waals surface area contributed by atoms with Crippen LogP contribution in [0.2, 0.25) is 0 Å². The Hall–Kier alpha value is -1.03. The highest BCUT2D eigenvalue weighted by atomic mass is 31.3. The van der Waals surface area contributed by atoms with E-state index in [9.17, 15) is 43.4 Å². The molecule has 0 bridgehead atoms. The number of hydrogen-bond acceptors (Lipinski definition) is 15. The highest BCUT2D eigenvalue weighted by Gasteiger charge is 2.44. The largest absolute Gasteiger partial charge is 0.756 e. The molecule has 1 aliphatic rings. The van der Waals surface area contributed by atoms with Gasteiger partial charge in [-0.25, -0.2) is 13.4 Å². The van der Waals surface area contributed by atoms with E-state index in [1.165, 1.54) is 6.07 Å². The lowest BCUT2D eigenvalue weighted by atomic mass is 10.1. The Balaban J connectivity index is 2.05. The van der Waals surface area contributed by atoms with Crippen LogP contribution in [0.15, 0.2) is 17.1 Å². The molecule has 20 heteroatoms. The van der Waals surface area contributed by atoms with Gasteiger partial charge >= 0.3 is 5.69 Å². The second kappa shape index (κ2) is 8.61. The molecule has 29 heavy (non-hydrogen) atoms. The van der Waals surface area contributed by atoms with E-state index in [0.29, 0.717) is 0 Å². The molecule has 0 aliphatic carbocycles. The van der Waals surface area contributed by atoms with Crippen molar-refractivity contribution in [3.05, 3.63) is 22.7 Å². The highest BCUT2D eigenvalue weighted by Crippen LogP contribution is 2.61. The topological polar surface area (TPSA) is 279 Å². The quantitative estimate of drug-likeness (QED) is 0.257. The fourth-order valence-electron chi connectivity index (χ4n) is 2.17. The molecule has 0 saturated carbocycles. The van der Waals surface area contributed by atoms with Gasteiger partial charge in [0, 0.05) is 6.20 Å². The molecule has 7 atom stereocenters. The Morgan fingerprint density at radius 2 is 1.79 bits per heavy atom. The van der Waals surface area contributed by atoms with Crippen molar-refractivity contribution in [3.63, 3.8) is 0 Å². The number of nitrogen functional groups attached to an aromatic ring is 1. The van der Waals surface area contributed by atoms with Gasteiger partial charge in [0.15, 0.2) is 6.23 Å². The lowest BCUT2D eigenvalue weighted by Gasteiger charge is -2.33. The van der Waals surface area contributed by atoms with E-state index >= 15 is 0 Å². The van der Waals surface area contributed by atoms with Crippen LogP contribution in [0.5, 0.6) is 0 Å². The average molecular weight is 480 g/mol. The number of ether oxygens (including phenoxy) is 1. The summed E-state index contributed by atoms with van der Waals surface area (Å²) >= 11 is 0. The Kier molecular flexibility index (Phi) is 7.20. The number of aromatic nitrogens is 2. The van der Waals surface area contributed by atoms with Crippen molar-refractivity contribution < 1.29 is 61.4 Å². The van der Waals surface area contributed by atoms with Gasteiger partial charge in [-0.1, -0.05) is 0 Å². The number of aliphatic hydroxyl groups excluding tert-OH is 2. The molecule has 5 N–H and O–H groups in total. The Morgan fingerprint density at radius 3 is 2.34 bits per heavy atom. The number of phosphoric acid groups is 3. The van der Waals surface area contributed by atoms with Crippen LogP contribution in [0.3, 0.4) is 0 Å². The third-order valence-corrected chi connectivity index (χ3v) is 6.95. The lowest BCUT2D eigenvalue weighted by molar-refractivity contribution is -0.250. The molecule has 0 amide bonds. The minimum absolute atomic E-state index is 0.140. The molecule has 0 aromatic carbocycles. The summed E-state index contributed by atoms with van der Waals surface area (Å²) in [5.41, 5.74) is 4.35. The zero-order valence-corrected chi connectivity index (χ0v) is 16.5. The summed E-state index contributed by atoms with van der Waals surface area (Å²) in [7, 11) is -17.8. The van der Waals surface area contributed by atoms with E-state index in [0.717, 1.165) is 10.8 Å². The third-order valence-electron chi connectivity index (χ3n) is 3.26. The Labute approximate surface area is 160 Å². The van der Waals surface area contributed by atoms with Crippen molar-refractivity contribution >= 4 is 29.3 Å². The smallest absolute Gasteiger partial charge is 0.351 e. The summed E-state index contributed by atoms with van der Waals surface area (Å²) in [6, 6.07) is 1.18.